The second-order valence-corrected chi connectivity index (χ2v) is 4.18. The number of likely N-dealkylation sites (N-methyl/N-ethyl adjacent to an activating group) is 1. The van der Waals surface area contributed by atoms with Gasteiger partial charge in [0.1, 0.15) is 6.42 Å². The molecule has 0 aliphatic carbocycles. The maximum absolute atomic E-state index is 11.5. The van der Waals surface area contributed by atoms with Gasteiger partial charge in [-0.05, 0) is 27.8 Å². The van der Waals surface area contributed by atoms with Crippen molar-refractivity contribution in [2.45, 2.75) is 33.3 Å². The molecule has 0 rings (SSSR count). The lowest BCUT2D eigenvalue weighted by molar-refractivity contribution is -0.145. The smallest absolute Gasteiger partial charge is 0.313 e. The van der Waals surface area contributed by atoms with Gasteiger partial charge in [-0.3, -0.25) is 14.5 Å². The molecule has 0 aliphatic heterocycles. The minimum atomic E-state index is -0.454. The highest BCUT2D eigenvalue weighted by Gasteiger charge is 2.12. The van der Waals surface area contributed by atoms with Crippen molar-refractivity contribution >= 4 is 11.8 Å². The summed E-state index contributed by atoms with van der Waals surface area (Å²) >= 11 is 0. The second-order valence-electron chi connectivity index (χ2n) is 4.18. The number of hydrogen-bond donors (Lipinski definition) is 0. The summed E-state index contributed by atoms with van der Waals surface area (Å²) in [6.07, 6.45) is 0.0436. The van der Waals surface area contributed by atoms with Gasteiger partial charge in [0, 0.05) is 6.54 Å². The lowest BCUT2D eigenvalue weighted by Gasteiger charge is -2.16. The highest BCUT2D eigenvalue weighted by Crippen LogP contribution is 1.93. The van der Waals surface area contributed by atoms with Gasteiger partial charge in [-0.25, -0.2) is 0 Å². The molecule has 0 aromatic heterocycles. The number of hydrogen-bond acceptors (Lipinski definition) is 5. The quantitative estimate of drug-likeness (QED) is 0.445. The summed E-state index contributed by atoms with van der Waals surface area (Å²) in [4.78, 5) is 24.3. The van der Waals surface area contributed by atoms with E-state index in [9.17, 15) is 9.59 Å². The van der Waals surface area contributed by atoms with Gasteiger partial charge in [0.25, 0.3) is 0 Å². The van der Waals surface area contributed by atoms with Crippen LogP contribution in [0.15, 0.2) is 0 Å². The number of esters is 1. The monoisotopic (exact) mass is 245 g/mol. The Bertz CT molecular complexity index is 241. The van der Waals surface area contributed by atoms with Crippen molar-refractivity contribution in [3.05, 3.63) is 0 Å². The van der Waals surface area contributed by atoms with E-state index in [0.717, 1.165) is 0 Å². The van der Waals surface area contributed by atoms with Gasteiger partial charge in [0.05, 0.1) is 25.9 Å². The lowest BCUT2D eigenvalue weighted by atomic mass is 10.2. The van der Waals surface area contributed by atoms with Crippen molar-refractivity contribution in [2.75, 3.05) is 33.4 Å². The van der Waals surface area contributed by atoms with Gasteiger partial charge in [-0.15, -0.1) is 0 Å². The molecule has 0 amide bonds. The fourth-order valence-corrected chi connectivity index (χ4v) is 1.25. The van der Waals surface area contributed by atoms with Crippen LogP contribution in [0, 0.1) is 0 Å². The summed E-state index contributed by atoms with van der Waals surface area (Å²) in [6, 6.07) is 0. The average molecular weight is 245 g/mol. The van der Waals surface area contributed by atoms with E-state index >= 15 is 0 Å². The Morgan fingerprint density at radius 2 is 1.94 bits per heavy atom. The van der Waals surface area contributed by atoms with E-state index in [1.165, 1.54) is 0 Å². The van der Waals surface area contributed by atoms with Crippen molar-refractivity contribution in [1.82, 2.24) is 4.90 Å². The molecule has 100 valence electrons. The number of ketones is 1. The van der Waals surface area contributed by atoms with Crippen LogP contribution in [0.1, 0.15) is 27.2 Å². The molecule has 0 N–H and O–H groups in total. The van der Waals surface area contributed by atoms with Gasteiger partial charge in [0.2, 0.25) is 0 Å². The molecule has 0 unspecified atom stereocenters. The number of Topliss-reactive ketones (excluding diaryl/α,β-unsaturated/α-hetero) is 1. The minimum Gasteiger partial charge on any atom is -0.466 e. The van der Waals surface area contributed by atoms with Crippen molar-refractivity contribution in [3.8, 4) is 0 Å². The predicted molar refractivity (Wildman–Crippen MR) is 64.8 cm³/mol. The molecule has 0 heterocycles. The summed E-state index contributed by atoms with van der Waals surface area (Å²) in [5.74, 6) is -0.583. The molecule has 5 heteroatoms. The maximum Gasteiger partial charge on any atom is 0.313 e. The van der Waals surface area contributed by atoms with E-state index in [4.69, 9.17) is 9.47 Å². The number of rotatable bonds is 9. The third-order valence-electron chi connectivity index (χ3n) is 2.02. The van der Waals surface area contributed by atoms with Crippen LogP contribution in [0.2, 0.25) is 0 Å². The average Bonchev–Trinajstić information content (AvgIpc) is 2.16. The van der Waals surface area contributed by atoms with Crippen LogP contribution in [0.4, 0.5) is 0 Å². The van der Waals surface area contributed by atoms with Crippen LogP contribution in [0.25, 0.3) is 0 Å². The Morgan fingerprint density at radius 3 is 2.47 bits per heavy atom. The summed E-state index contributed by atoms with van der Waals surface area (Å²) in [6.45, 7) is 7.47. The normalized spacial score (nSPS) is 10.9. The van der Waals surface area contributed by atoms with Gasteiger partial charge in [0.15, 0.2) is 5.78 Å². The van der Waals surface area contributed by atoms with E-state index in [1.54, 1.807) is 6.92 Å². The standard InChI is InChI=1S/C12H23NO4/c1-5-16-12(15)8-11(14)9-13(4)6-7-17-10(2)3/h10H,5-9H2,1-4H3. The molecule has 0 atom stereocenters. The lowest BCUT2D eigenvalue weighted by Crippen LogP contribution is -2.31. The maximum atomic E-state index is 11.5. The fraction of sp³-hybridized carbons (Fsp3) is 0.833. The van der Waals surface area contributed by atoms with E-state index in [1.807, 2.05) is 25.8 Å². The Balaban J connectivity index is 3.69. The van der Waals surface area contributed by atoms with Crippen molar-refractivity contribution in [1.29, 1.82) is 0 Å². The highest BCUT2D eigenvalue weighted by molar-refractivity contribution is 5.96. The molecule has 5 nitrogen and oxygen atoms in total. The Kier molecular flexibility index (Phi) is 8.62. The minimum absolute atomic E-state index is 0.129. The SMILES string of the molecule is CCOC(=O)CC(=O)CN(C)CCOC(C)C. The number of carbonyl (C=O) groups is 2. The zero-order chi connectivity index (χ0) is 13.3. The van der Waals surface area contributed by atoms with Crippen LogP contribution in [-0.2, 0) is 19.1 Å². The van der Waals surface area contributed by atoms with E-state index < -0.39 is 5.97 Å². The largest absolute Gasteiger partial charge is 0.466 e. The first-order valence-corrected chi connectivity index (χ1v) is 5.93. The molecule has 0 radical (unpaired) electrons. The van der Waals surface area contributed by atoms with Crippen LogP contribution in [0.5, 0.6) is 0 Å². The molecular weight excluding hydrogens is 222 g/mol. The topological polar surface area (TPSA) is 55.8 Å². The van der Waals surface area contributed by atoms with Crippen LogP contribution in [-0.4, -0.2) is 56.1 Å². The zero-order valence-corrected chi connectivity index (χ0v) is 11.2. The van der Waals surface area contributed by atoms with Crippen LogP contribution < -0.4 is 0 Å². The molecule has 0 aliphatic rings. The summed E-state index contributed by atoms with van der Waals surface area (Å²) < 4.78 is 10.1. The first kappa shape index (κ1) is 16.1. The van der Waals surface area contributed by atoms with Crippen molar-refractivity contribution in [2.24, 2.45) is 0 Å². The molecule has 0 saturated heterocycles. The third-order valence-corrected chi connectivity index (χ3v) is 2.02. The Labute approximate surface area is 103 Å². The van der Waals surface area contributed by atoms with Gasteiger partial charge < -0.3 is 9.47 Å². The van der Waals surface area contributed by atoms with E-state index in [0.29, 0.717) is 19.8 Å². The molecule has 17 heavy (non-hydrogen) atoms. The molecule has 0 bridgehead atoms. The molecule has 0 spiro atoms. The van der Waals surface area contributed by atoms with Gasteiger partial charge in [-0.2, -0.15) is 0 Å². The zero-order valence-electron chi connectivity index (χ0n) is 11.2. The van der Waals surface area contributed by atoms with E-state index in [-0.39, 0.29) is 24.9 Å². The number of nitrogens with zero attached hydrogens (tertiary/aromatic N) is 1. The van der Waals surface area contributed by atoms with Gasteiger partial charge >= 0.3 is 5.97 Å². The molecular formula is C12H23NO4. The number of carbonyl (C=O) groups excluding carboxylic acids is 2. The Morgan fingerprint density at radius 1 is 1.29 bits per heavy atom. The Hall–Kier alpha value is -0.940. The van der Waals surface area contributed by atoms with Gasteiger partial charge in [-0.1, -0.05) is 0 Å². The van der Waals surface area contributed by atoms with Crippen molar-refractivity contribution < 1.29 is 19.1 Å². The molecule has 0 aromatic rings. The fourth-order valence-electron chi connectivity index (χ4n) is 1.25. The molecule has 0 fully saturated rings. The first-order chi connectivity index (χ1) is 7.95. The summed E-state index contributed by atoms with van der Waals surface area (Å²) in [5, 5.41) is 0. The molecule has 0 saturated carbocycles. The second kappa shape index (κ2) is 9.13. The summed E-state index contributed by atoms with van der Waals surface area (Å²) in [7, 11) is 1.83. The van der Waals surface area contributed by atoms with Crippen LogP contribution >= 0.6 is 0 Å². The first-order valence-electron chi connectivity index (χ1n) is 5.93. The van der Waals surface area contributed by atoms with Crippen LogP contribution in [0.3, 0.4) is 0 Å². The third kappa shape index (κ3) is 9.96. The number of ether oxygens (including phenoxy) is 2. The summed E-state index contributed by atoms with van der Waals surface area (Å²) in [5.41, 5.74) is 0. The molecule has 0 aromatic carbocycles. The van der Waals surface area contributed by atoms with E-state index in [2.05, 4.69) is 0 Å². The van der Waals surface area contributed by atoms with Crippen molar-refractivity contribution in [3.63, 3.8) is 0 Å². The highest BCUT2D eigenvalue weighted by atomic mass is 16.5. The predicted octanol–water partition coefficient (Wildman–Crippen LogP) is 0.866.